The molecule has 1 aliphatic heterocycles. The summed E-state index contributed by atoms with van der Waals surface area (Å²) in [4.78, 5) is 5.47. The number of fused-ring (bicyclic) bond motifs is 7. The predicted octanol–water partition coefficient (Wildman–Crippen LogP) is 8.26. The number of hydrogen-bond acceptors (Lipinski definition) is 8. The molecule has 9 heteroatoms. The molecule has 4 aromatic heterocycles. The zero-order valence-electron chi connectivity index (χ0n) is 20.9. The molecule has 4 aromatic carbocycles. The zero-order chi connectivity index (χ0) is 25.9. The molecule has 5 heterocycles. The van der Waals surface area contributed by atoms with Gasteiger partial charge in [0.15, 0.2) is 0 Å². The first-order chi connectivity index (χ1) is 19.1. The van der Waals surface area contributed by atoms with Gasteiger partial charge in [-0.25, -0.2) is 0 Å². The molecular formula is C30H18N4S4Si. The summed E-state index contributed by atoms with van der Waals surface area (Å²) in [5.41, 5.74) is 6.44. The smallest absolute Gasteiger partial charge is 0.116 e. The Hall–Kier alpha value is -3.34. The van der Waals surface area contributed by atoms with Crippen molar-refractivity contribution in [3.8, 4) is 30.6 Å². The van der Waals surface area contributed by atoms with E-state index in [9.17, 15) is 0 Å². The normalized spacial score (nSPS) is 14.1. The van der Waals surface area contributed by atoms with Crippen molar-refractivity contribution in [2.24, 2.45) is 0 Å². The van der Waals surface area contributed by atoms with Gasteiger partial charge in [0, 0.05) is 30.6 Å². The van der Waals surface area contributed by atoms with Crippen LogP contribution in [0.3, 0.4) is 0 Å². The van der Waals surface area contributed by atoms with Crippen LogP contribution in [0.2, 0.25) is 13.1 Å². The maximum atomic E-state index is 4.74. The van der Waals surface area contributed by atoms with E-state index in [0.717, 1.165) is 22.1 Å². The highest BCUT2D eigenvalue weighted by molar-refractivity contribution is 7.31. The number of benzene rings is 4. The first-order valence-corrected chi connectivity index (χ1v) is 18.7. The van der Waals surface area contributed by atoms with Crippen molar-refractivity contribution >= 4 is 108 Å². The molecule has 9 rings (SSSR count). The van der Waals surface area contributed by atoms with Gasteiger partial charge in [0.2, 0.25) is 0 Å². The molecule has 0 radical (unpaired) electrons. The van der Waals surface area contributed by atoms with Crippen molar-refractivity contribution in [1.29, 1.82) is 0 Å². The molecule has 4 nitrogen and oxygen atoms in total. The summed E-state index contributed by atoms with van der Waals surface area (Å²) in [5.74, 6) is 0. The van der Waals surface area contributed by atoms with Gasteiger partial charge in [0.05, 0.1) is 23.5 Å². The van der Waals surface area contributed by atoms with Crippen LogP contribution in [0.1, 0.15) is 0 Å². The summed E-state index contributed by atoms with van der Waals surface area (Å²) in [6.45, 7) is 4.99. The van der Waals surface area contributed by atoms with Gasteiger partial charge in [-0.1, -0.05) is 61.6 Å². The van der Waals surface area contributed by atoms with Gasteiger partial charge in [-0.15, -0.1) is 22.7 Å². The molecule has 8 aromatic rings. The van der Waals surface area contributed by atoms with Crippen molar-refractivity contribution in [2.45, 2.75) is 13.1 Å². The lowest BCUT2D eigenvalue weighted by Crippen LogP contribution is -2.48. The van der Waals surface area contributed by atoms with E-state index >= 15 is 0 Å². The minimum absolute atomic E-state index is 0.981. The molecule has 0 bridgehead atoms. The minimum atomic E-state index is -1.89. The molecule has 186 valence electrons. The van der Waals surface area contributed by atoms with E-state index in [2.05, 4.69) is 94.6 Å². The highest BCUT2D eigenvalue weighted by Crippen LogP contribution is 2.48. The van der Waals surface area contributed by atoms with Crippen LogP contribution in [-0.4, -0.2) is 25.6 Å². The lowest BCUT2D eigenvalue weighted by Gasteiger charge is -2.16. The lowest BCUT2D eigenvalue weighted by atomic mass is 10.0. The summed E-state index contributed by atoms with van der Waals surface area (Å²) in [6.07, 6.45) is 0. The van der Waals surface area contributed by atoms with E-state index in [4.69, 9.17) is 8.75 Å². The Balaban J connectivity index is 1.29. The molecule has 0 fully saturated rings. The first kappa shape index (κ1) is 22.5. The van der Waals surface area contributed by atoms with Gasteiger partial charge in [-0.2, -0.15) is 17.5 Å². The van der Waals surface area contributed by atoms with E-state index in [0.29, 0.717) is 0 Å². The van der Waals surface area contributed by atoms with E-state index < -0.39 is 8.07 Å². The molecular weight excluding hydrogens is 573 g/mol. The average Bonchev–Trinajstić information content (AvgIpc) is 3.76. The second kappa shape index (κ2) is 7.86. The van der Waals surface area contributed by atoms with Crippen LogP contribution in [0.15, 0.2) is 72.8 Å². The van der Waals surface area contributed by atoms with Gasteiger partial charge in [0.1, 0.15) is 30.1 Å². The summed E-state index contributed by atoms with van der Waals surface area (Å²) >= 11 is 6.45. The molecule has 0 unspecified atom stereocenters. The Labute approximate surface area is 240 Å². The Bertz CT molecular complexity index is 2130. The quantitative estimate of drug-likeness (QED) is 0.190. The Morgan fingerprint density at radius 2 is 1.03 bits per heavy atom. The second-order valence-electron chi connectivity index (χ2n) is 10.5. The first-order valence-electron chi connectivity index (χ1n) is 12.7. The largest absolute Gasteiger partial charge is 0.173 e. The standard InChI is InChI=1S/C30H18N4S4Si/c1-39(2)23-13-21(25-17-9-5-3-7-15(17)11-19-27(25)33-37-31-19)35-29(23)30-24(39)14-22(36-30)26-18-10-6-4-8-16(18)12-20-28(26)34-38-32-20/h3-14H,1-2H3. The number of hydrogen-bond donors (Lipinski definition) is 0. The molecule has 0 spiro atoms. The monoisotopic (exact) mass is 590 g/mol. The molecule has 0 amide bonds. The summed E-state index contributed by atoms with van der Waals surface area (Å²) in [6, 6.07) is 26.5. The highest BCUT2D eigenvalue weighted by atomic mass is 32.1. The van der Waals surface area contributed by atoms with Crippen LogP contribution < -0.4 is 10.4 Å². The van der Waals surface area contributed by atoms with Crippen LogP contribution in [0, 0.1) is 0 Å². The number of rotatable bonds is 2. The third-order valence-electron chi connectivity index (χ3n) is 8.06. The van der Waals surface area contributed by atoms with Crippen molar-refractivity contribution in [3.63, 3.8) is 0 Å². The third-order valence-corrected chi connectivity index (χ3v) is 15.5. The fourth-order valence-corrected chi connectivity index (χ4v) is 14.5. The van der Waals surface area contributed by atoms with E-state index in [-0.39, 0.29) is 0 Å². The molecule has 0 aliphatic carbocycles. The molecule has 0 saturated carbocycles. The molecule has 0 atom stereocenters. The zero-order valence-corrected chi connectivity index (χ0v) is 25.1. The van der Waals surface area contributed by atoms with Crippen molar-refractivity contribution < 1.29 is 0 Å². The van der Waals surface area contributed by atoms with E-state index in [1.807, 2.05) is 22.7 Å². The van der Waals surface area contributed by atoms with Crippen LogP contribution in [-0.2, 0) is 0 Å². The van der Waals surface area contributed by atoms with Crippen LogP contribution in [0.5, 0.6) is 0 Å². The minimum Gasteiger partial charge on any atom is -0.173 e. The number of nitrogens with zero attached hydrogens (tertiary/aromatic N) is 4. The molecule has 0 N–H and O–H groups in total. The third kappa shape index (κ3) is 3.02. The summed E-state index contributed by atoms with van der Waals surface area (Å²) in [7, 11) is -1.89. The Morgan fingerprint density at radius 1 is 0.564 bits per heavy atom. The van der Waals surface area contributed by atoms with Gasteiger partial charge in [-0.05, 0) is 56.2 Å². The van der Waals surface area contributed by atoms with Gasteiger partial charge < -0.3 is 0 Å². The predicted molar refractivity (Wildman–Crippen MR) is 172 cm³/mol. The van der Waals surface area contributed by atoms with Crippen molar-refractivity contribution in [3.05, 3.63) is 72.8 Å². The van der Waals surface area contributed by atoms with Gasteiger partial charge >= 0.3 is 0 Å². The van der Waals surface area contributed by atoms with E-state index in [1.54, 1.807) is 0 Å². The SMILES string of the molecule is C[Si]1(C)c2cc(-c3c4ccccc4cc4nsnc34)sc2-c2sc(-c3c4ccccc4cc4nsnc34)cc21. The number of aromatic nitrogens is 4. The molecule has 39 heavy (non-hydrogen) atoms. The van der Waals surface area contributed by atoms with E-state index in [1.165, 1.54) is 86.0 Å². The van der Waals surface area contributed by atoms with Gasteiger partial charge in [-0.3, -0.25) is 0 Å². The number of thiophene rings is 2. The van der Waals surface area contributed by atoms with Crippen LogP contribution in [0.4, 0.5) is 0 Å². The fourth-order valence-electron chi connectivity index (χ4n) is 6.12. The van der Waals surface area contributed by atoms with Crippen molar-refractivity contribution in [2.75, 3.05) is 0 Å². The maximum absolute atomic E-state index is 4.74. The molecule has 0 saturated heterocycles. The molecule has 1 aliphatic rings. The highest BCUT2D eigenvalue weighted by Gasteiger charge is 2.42. The Kier molecular flexibility index (Phi) is 4.53. The lowest BCUT2D eigenvalue weighted by molar-refractivity contribution is 1.66. The summed E-state index contributed by atoms with van der Waals surface area (Å²) in [5, 5.41) is 8.01. The second-order valence-corrected chi connectivity index (χ2v) is 18.0. The summed E-state index contributed by atoms with van der Waals surface area (Å²) < 4.78 is 18.7. The average molecular weight is 591 g/mol. The Morgan fingerprint density at radius 3 is 1.51 bits per heavy atom. The topological polar surface area (TPSA) is 51.6 Å². The van der Waals surface area contributed by atoms with Crippen LogP contribution in [0.25, 0.3) is 74.2 Å². The fraction of sp³-hybridized carbons (Fsp3) is 0.0667. The van der Waals surface area contributed by atoms with Gasteiger partial charge in [0.25, 0.3) is 0 Å². The maximum Gasteiger partial charge on any atom is 0.116 e. The van der Waals surface area contributed by atoms with Crippen molar-refractivity contribution in [1.82, 2.24) is 17.5 Å². The van der Waals surface area contributed by atoms with Crippen LogP contribution >= 0.6 is 46.1 Å².